The van der Waals surface area contributed by atoms with Crippen LogP contribution in [-0.2, 0) is 24.0 Å². The van der Waals surface area contributed by atoms with Crippen molar-refractivity contribution in [2.45, 2.75) is 137 Å². The fourth-order valence-electron chi connectivity index (χ4n) is 6.63. The summed E-state index contributed by atoms with van der Waals surface area (Å²) in [5.41, 5.74) is -1.99. The molecule has 1 aliphatic carbocycles. The molecule has 1 aliphatic heterocycles. The van der Waals surface area contributed by atoms with Gasteiger partial charge < -0.3 is 26.2 Å². The number of urea groups is 1. The number of amides is 5. The summed E-state index contributed by atoms with van der Waals surface area (Å²) >= 11 is 0. The van der Waals surface area contributed by atoms with Gasteiger partial charge in [-0.1, -0.05) is 80.7 Å². The minimum Gasteiger partial charge on any atom is -0.346 e. The second kappa shape index (κ2) is 17.1. The van der Waals surface area contributed by atoms with E-state index in [-0.39, 0.29) is 50.0 Å². The largest absolute Gasteiger partial charge is 0.346 e. The molecule has 0 radical (unpaired) electrons. The second-order valence-corrected chi connectivity index (χ2v) is 15.9. The lowest BCUT2D eigenvalue weighted by Crippen LogP contribution is -2.63. The minimum atomic E-state index is -1.17. The van der Waals surface area contributed by atoms with Crippen molar-refractivity contribution < 1.29 is 28.8 Å². The van der Waals surface area contributed by atoms with Crippen LogP contribution in [0.3, 0.4) is 0 Å². The molecular formula is C37H59N5O6. The van der Waals surface area contributed by atoms with E-state index in [1.54, 1.807) is 0 Å². The average molecular weight is 670 g/mol. The first-order valence-electron chi connectivity index (χ1n) is 17.4. The quantitative estimate of drug-likeness (QED) is 0.124. The first-order chi connectivity index (χ1) is 22.3. The lowest BCUT2D eigenvalue weighted by Gasteiger charge is -2.41. The Morgan fingerprint density at radius 1 is 1.00 bits per heavy atom. The number of hydrogen-bond donors (Lipinski definition) is 4. The minimum absolute atomic E-state index is 0.0187. The van der Waals surface area contributed by atoms with Gasteiger partial charge in [0.1, 0.15) is 17.9 Å². The first-order valence-corrected chi connectivity index (χ1v) is 17.4. The van der Waals surface area contributed by atoms with Gasteiger partial charge in [0.25, 0.3) is 5.91 Å². The molecule has 2 fully saturated rings. The van der Waals surface area contributed by atoms with E-state index >= 15 is 0 Å². The number of ketones is 2. The van der Waals surface area contributed by atoms with Gasteiger partial charge in [-0.15, -0.1) is 18.9 Å². The zero-order valence-corrected chi connectivity index (χ0v) is 30.4. The molecule has 11 nitrogen and oxygen atoms in total. The average Bonchev–Trinajstić information content (AvgIpc) is 3.45. The Morgan fingerprint density at radius 2 is 1.62 bits per heavy atom. The van der Waals surface area contributed by atoms with Gasteiger partial charge in [-0.2, -0.15) is 0 Å². The van der Waals surface area contributed by atoms with E-state index in [0.717, 1.165) is 19.3 Å². The van der Waals surface area contributed by atoms with Crippen molar-refractivity contribution in [2.75, 3.05) is 13.1 Å². The summed E-state index contributed by atoms with van der Waals surface area (Å²) in [5, 5.41) is 11.2. The van der Waals surface area contributed by atoms with E-state index in [0.29, 0.717) is 19.3 Å². The van der Waals surface area contributed by atoms with Crippen LogP contribution in [0.4, 0.5) is 4.79 Å². The van der Waals surface area contributed by atoms with Gasteiger partial charge in [0, 0.05) is 36.9 Å². The van der Waals surface area contributed by atoms with Gasteiger partial charge >= 0.3 is 6.03 Å². The standard InChI is InChI=1S/C37H59N5O6/c1-11-13-17-26(29(44)32(46)38-21-12-2)39-31(45)28-25(24(3)4)18-22-42(28)33(47)30(36(8,9)10)40-34(48)41-37(19-15-14-16-20-37)23-27(43)35(5,6)7/h1,12,24-26,28,30H,2,13-23H2,3-10H3,(H,38,46)(H,39,45)(H2,40,41,48)/t25-,26?,28+,30-/m1/s1. The highest BCUT2D eigenvalue weighted by Crippen LogP contribution is 2.35. The number of carbonyl (C=O) groups is 6. The highest BCUT2D eigenvalue weighted by molar-refractivity contribution is 6.38. The number of carbonyl (C=O) groups excluding carboxylic acids is 6. The molecule has 0 aromatic rings. The summed E-state index contributed by atoms with van der Waals surface area (Å²) in [6, 6.07) is -3.63. The van der Waals surface area contributed by atoms with Crippen molar-refractivity contribution in [3.63, 3.8) is 0 Å². The third-order valence-electron chi connectivity index (χ3n) is 9.61. The maximum Gasteiger partial charge on any atom is 0.315 e. The van der Waals surface area contributed by atoms with E-state index in [9.17, 15) is 28.8 Å². The zero-order valence-electron chi connectivity index (χ0n) is 30.4. The van der Waals surface area contributed by atoms with Crippen LogP contribution < -0.4 is 21.3 Å². The molecule has 1 saturated carbocycles. The predicted molar refractivity (Wildman–Crippen MR) is 186 cm³/mol. The lowest BCUT2D eigenvalue weighted by atomic mass is 9.74. The molecule has 4 N–H and O–H groups in total. The van der Waals surface area contributed by atoms with Crippen LogP contribution in [0.2, 0.25) is 0 Å². The first kappa shape index (κ1) is 40.5. The van der Waals surface area contributed by atoms with Gasteiger partial charge in [-0.3, -0.25) is 24.0 Å². The summed E-state index contributed by atoms with van der Waals surface area (Å²) in [5.74, 6) is -0.349. The molecule has 268 valence electrons. The summed E-state index contributed by atoms with van der Waals surface area (Å²) in [7, 11) is 0. The Hall–Kier alpha value is -3.68. The fraction of sp³-hybridized carbons (Fsp3) is 0.730. The molecule has 0 bridgehead atoms. The Morgan fingerprint density at radius 3 is 2.15 bits per heavy atom. The number of terminal acetylenes is 1. The highest BCUT2D eigenvalue weighted by Gasteiger charge is 2.48. The maximum absolute atomic E-state index is 14.4. The molecule has 1 unspecified atom stereocenters. The number of hydrogen-bond acceptors (Lipinski definition) is 6. The van der Waals surface area contributed by atoms with E-state index in [1.165, 1.54) is 11.0 Å². The molecule has 0 aromatic carbocycles. The monoisotopic (exact) mass is 669 g/mol. The third kappa shape index (κ3) is 10.9. The fourth-order valence-corrected chi connectivity index (χ4v) is 6.63. The van der Waals surface area contributed by atoms with Crippen LogP contribution in [-0.4, -0.2) is 77.0 Å². The van der Waals surface area contributed by atoms with Gasteiger partial charge in [0.05, 0.1) is 6.04 Å². The summed E-state index contributed by atoms with van der Waals surface area (Å²) < 4.78 is 0. The normalized spacial score (nSPS) is 20.5. The number of rotatable bonds is 14. The molecule has 2 aliphatic rings. The molecule has 0 spiro atoms. The Labute approximate surface area is 287 Å². The summed E-state index contributed by atoms with van der Waals surface area (Å²) in [6.07, 6.45) is 12.0. The number of likely N-dealkylation sites (tertiary alicyclic amines) is 1. The number of nitrogens with one attached hydrogen (secondary N) is 4. The van der Waals surface area contributed by atoms with Crippen LogP contribution in [0.25, 0.3) is 0 Å². The van der Waals surface area contributed by atoms with Crippen LogP contribution in [0.5, 0.6) is 0 Å². The van der Waals surface area contributed by atoms with Crippen LogP contribution >= 0.6 is 0 Å². The molecule has 48 heavy (non-hydrogen) atoms. The third-order valence-corrected chi connectivity index (χ3v) is 9.61. The SMILES string of the molecule is C#CCCC(NC(=O)[C@@H]1[C@@H](C(C)C)CCN1C(=O)[C@@H](NC(=O)NC1(CC(=O)C(C)(C)C)CCCCC1)C(C)(C)C)C(=O)C(=O)NCC=C. The van der Waals surface area contributed by atoms with Gasteiger partial charge in [0.2, 0.25) is 17.6 Å². The molecule has 11 heteroatoms. The van der Waals surface area contributed by atoms with Crippen molar-refractivity contribution in [3.05, 3.63) is 12.7 Å². The molecule has 1 saturated heterocycles. The summed E-state index contributed by atoms with van der Waals surface area (Å²) in [6.45, 7) is 19.0. The van der Waals surface area contributed by atoms with Gasteiger partial charge in [-0.25, -0.2) is 4.79 Å². The van der Waals surface area contributed by atoms with Crippen LogP contribution in [0.15, 0.2) is 12.7 Å². The number of nitrogens with zero attached hydrogens (tertiary/aromatic N) is 1. The van der Waals surface area contributed by atoms with Gasteiger partial charge in [-0.05, 0) is 42.9 Å². The van der Waals surface area contributed by atoms with E-state index < -0.39 is 64.0 Å². The molecule has 4 atom stereocenters. The Balaban J connectivity index is 2.36. The van der Waals surface area contributed by atoms with Crippen molar-refractivity contribution >= 4 is 35.3 Å². The molecular weight excluding hydrogens is 610 g/mol. The molecule has 1 heterocycles. The van der Waals surface area contributed by atoms with Gasteiger partial charge in [0.15, 0.2) is 0 Å². The van der Waals surface area contributed by atoms with E-state index in [1.807, 2.05) is 55.4 Å². The molecule has 5 amide bonds. The summed E-state index contributed by atoms with van der Waals surface area (Å²) in [4.78, 5) is 82.2. The van der Waals surface area contributed by atoms with Crippen LogP contribution in [0.1, 0.15) is 113 Å². The number of Topliss-reactive ketones (excluding diaryl/α,β-unsaturated/α-hetero) is 2. The molecule has 0 aromatic heterocycles. The van der Waals surface area contributed by atoms with Crippen molar-refractivity contribution in [3.8, 4) is 12.3 Å². The second-order valence-electron chi connectivity index (χ2n) is 15.9. The Kier molecular flexibility index (Phi) is 14.4. The maximum atomic E-state index is 14.4. The van der Waals surface area contributed by atoms with Crippen molar-refractivity contribution in [1.29, 1.82) is 0 Å². The van der Waals surface area contributed by atoms with Crippen LogP contribution in [0, 0.1) is 35.0 Å². The van der Waals surface area contributed by atoms with E-state index in [2.05, 4.69) is 33.8 Å². The highest BCUT2D eigenvalue weighted by atomic mass is 16.2. The predicted octanol–water partition coefficient (Wildman–Crippen LogP) is 4.05. The van der Waals surface area contributed by atoms with E-state index in [4.69, 9.17) is 6.42 Å². The van der Waals surface area contributed by atoms with Crippen molar-refractivity contribution in [1.82, 2.24) is 26.2 Å². The Bertz CT molecular complexity index is 1250. The molecule has 2 rings (SSSR count). The zero-order chi connectivity index (χ0) is 36.4. The lowest BCUT2D eigenvalue weighted by molar-refractivity contribution is -0.144. The smallest absolute Gasteiger partial charge is 0.315 e. The topological polar surface area (TPSA) is 154 Å². The van der Waals surface area contributed by atoms with Crippen molar-refractivity contribution in [2.24, 2.45) is 22.7 Å².